The first-order valence-electron chi connectivity index (χ1n) is 7.79. The minimum absolute atomic E-state index is 0.0729. The Morgan fingerprint density at radius 2 is 2.14 bits per heavy atom. The maximum atomic E-state index is 12.5. The molecule has 2 atom stereocenters. The maximum Gasteiger partial charge on any atom is 0.223 e. The van der Waals surface area contributed by atoms with Crippen LogP contribution in [0, 0.1) is 25.7 Å². The van der Waals surface area contributed by atoms with Crippen LogP contribution in [0.4, 0.5) is 0 Å². The van der Waals surface area contributed by atoms with Crippen LogP contribution in [-0.2, 0) is 18.3 Å². The van der Waals surface area contributed by atoms with Crippen LogP contribution >= 0.6 is 0 Å². The van der Waals surface area contributed by atoms with Crippen molar-refractivity contribution in [2.45, 2.75) is 52.5 Å². The molecular weight excluding hydrogens is 264 g/mol. The lowest BCUT2D eigenvalue weighted by atomic mass is 9.93. The van der Waals surface area contributed by atoms with Gasteiger partial charge in [0.1, 0.15) is 0 Å². The Labute approximate surface area is 127 Å². The number of carbonyl (C=O) groups is 1. The molecule has 1 aliphatic carbocycles. The lowest BCUT2D eigenvalue weighted by Gasteiger charge is -2.31. The normalized spacial score (nSPS) is 19.1. The van der Waals surface area contributed by atoms with Gasteiger partial charge in [-0.1, -0.05) is 6.92 Å². The van der Waals surface area contributed by atoms with Gasteiger partial charge < -0.3 is 11.1 Å². The second-order valence-corrected chi connectivity index (χ2v) is 6.76. The van der Waals surface area contributed by atoms with Crippen molar-refractivity contribution in [3.8, 4) is 0 Å². The summed E-state index contributed by atoms with van der Waals surface area (Å²) in [5.74, 6) is 0.564. The first kappa shape index (κ1) is 16.0. The van der Waals surface area contributed by atoms with Crippen molar-refractivity contribution in [3.05, 3.63) is 17.0 Å². The maximum absolute atomic E-state index is 12.5. The Hall–Kier alpha value is -1.36. The standard InChI is InChI=1S/C16H28N4O/c1-10(8-14-11(2)19-20(5)12(14)3)15(21)18-16(4,9-17)13-6-7-13/h10,13H,6-9,17H2,1-5H3,(H,18,21). The molecule has 118 valence electrons. The van der Waals surface area contributed by atoms with Gasteiger partial charge in [-0.2, -0.15) is 5.10 Å². The molecule has 5 heteroatoms. The zero-order chi connectivity index (χ0) is 15.8. The molecule has 1 saturated carbocycles. The third kappa shape index (κ3) is 3.28. The number of nitrogens with zero attached hydrogens (tertiary/aromatic N) is 2. The summed E-state index contributed by atoms with van der Waals surface area (Å²) in [5.41, 5.74) is 8.96. The van der Waals surface area contributed by atoms with Crippen LogP contribution in [-0.4, -0.2) is 27.8 Å². The van der Waals surface area contributed by atoms with Crippen LogP contribution in [0.25, 0.3) is 0 Å². The Kier molecular flexibility index (Phi) is 4.42. The van der Waals surface area contributed by atoms with Crippen LogP contribution in [0.15, 0.2) is 0 Å². The van der Waals surface area contributed by atoms with Crippen molar-refractivity contribution in [2.24, 2.45) is 24.6 Å². The molecule has 5 nitrogen and oxygen atoms in total. The van der Waals surface area contributed by atoms with Gasteiger partial charge in [0.25, 0.3) is 0 Å². The third-order valence-electron chi connectivity index (χ3n) is 4.93. The summed E-state index contributed by atoms with van der Waals surface area (Å²) < 4.78 is 1.88. The monoisotopic (exact) mass is 292 g/mol. The number of rotatable bonds is 6. The van der Waals surface area contributed by atoms with Crippen molar-refractivity contribution in [3.63, 3.8) is 0 Å². The zero-order valence-electron chi connectivity index (χ0n) is 13.9. The molecule has 0 spiro atoms. The van der Waals surface area contributed by atoms with Gasteiger partial charge in [-0.15, -0.1) is 0 Å². The smallest absolute Gasteiger partial charge is 0.223 e. The zero-order valence-corrected chi connectivity index (χ0v) is 13.9. The van der Waals surface area contributed by atoms with Crippen molar-refractivity contribution >= 4 is 5.91 Å². The summed E-state index contributed by atoms with van der Waals surface area (Å²) in [6.07, 6.45) is 3.06. The van der Waals surface area contributed by atoms with Crippen molar-refractivity contribution in [1.82, 2.24) is 15.1 Å². The highest BCUT2D eigenvalue weighted by molar-refractivity contribution is 5.79. The summed E-state index contributed by atoms with van der Waals surface area (Å²) in [6.45, 7) is 8.59. The lowest BCUT2D eigenvalue weighted by Crippen LogP contribution is -2.54. The molecule has 1 aliphatic rings. The number of amides is 1. The van der Waals surface area contributed by atoms with E-state index in [1.54, 1.807) is 0 Å². The Morgan fingerprint density at radius 1 is 1.52 bits per heavy atom. The summed E-state index contributed by atoms with van der Waals surface area (Å²) >= 11 is 0. The first-order chi connectivity index (χ1) is 9.78. The SMILES string of the molecule is Cc1nn(C)c(C)c1CC(C)C(=O)NC(C)(CN)C1CC1. The topological polar surface area (TPSA) is 72.9 Å². The molecule has 1 aromatic heterocycles. The average molecular weight is 292 g/mol. The fourth-order valence-electron chi connectivity index (χ4n) is 2.96. The second kappa shape index (κ2) is 5.79. The second-order valence-electron chi connectivity index (χ2n) is 6.76. The van der Waals surface area contributed by atoms with Crippen LogP contribution in [0.5, 0.6) is 0 Å². The first-order valence-corrected chi connectivity index (χ1v) is 7.79. The number of nitrogens with two attached hydrogens (primary N) is 1. The minimum atomic E-state index is -0.246. The number of hydrogen-bond acceptors (Lipinski definition) is 3. The van der Waals surface area contributed by atoms with Gasteiger partial charge in [-0.3, -0.25) is 9.48 Å². The van der Waals surface area contributed by atoms with Gasteiger partial charge in [-0.25, -0.2) is 0 Å². The molecule has 1 amide bonds. The van der Waals surface area contributed by atoms with E-state index in [0.717, 1.165) is 17.8 Å². The molecule has 0 radical (unpaired) electrons. The van der Waals surface area contributed by atoms with Crippen LogP contribution in [0.2, 0.25) is 0 Å². The fraction of sp³-hybridized carbons (Fsp3) is 0.750. The average Bonchev–Trinajstić information content (AvgIpc) is 3.24. The third-order valence-corrected chi connectivity index (χ3v) is 4.93. The summed E-state index contributed by atoms with van der Waals surface area (Å²) in [7, 11) is 1.94. The van der Waals surface area contributed by atoms with Crippen LogP contribution in [0.3, 0.4) is 0 Å². The van der Waals surface area contributed by atoms with Gasteiger partial charge in [0.15, 0.2) is 0 Å². The van der Waals surface area contributed by atoms with Gasteiger partial charge in [0.2, 0.25) is 5.91 Å². The Bertz CT molecular complexity index is 533. The molecule has 21 heavy (non-hydrogen) atoms. The van der Waals surface area contributed by atoms with E-state index in [0.29, 0.717) is 12.5 Å². The van der Waals surface area contributed by atoms with E-state index in [-0.39, 0.29) is 17.4 Å². The Balaban J connectivity index is 2.02. The van der Waals surface area contributed by atoms with E-state index >= 15 is 0 Å². The molecule has 1 fully saturated rings. The van der Waals surface area contributed by atoms with E-state index in [4.69, 9.17) is 5.73 Å². The molecular formula is C16H28N4O. The number of nitrogens with one attached hydrogen (secondary N) is 1. The van der Waals surface area contributed by atoms with Crippen LogP contribution in [0.1, 0.15) is 43.6 Å². The summed E-state index contributed by atoms with van der Waals surface area (Å²) in [6, 6.07) is 0. The number of hydrogen-bond donors (Lipinski definition) is 2. The Morgan fingerprint density at radius 3 is 2.57 bits per heavy atom. The summed E-state index contributed by atoms with van der Waals surface area (Å²) in [4.78, 5) is 12.5. The molecule has 2 unspecified atom stereocenters. The van der Waals surface area contributed by atoms with Crippen molar-refractivity contribution in [1.29, 1.82) is 0 Å². The number of aryl methyl sites for hydroxylation is 2. The molecule has 0 aromatic carbocycles. The van der Waals surface area contributed by atoms with Gasteiger partial charge in [0.05, 0.1) is 11.2 Å². The van der Waals surface area contributed by atoms with E-state index in [1.807, 2.05) is 32.5 Å². The molecule has 0 bridgehead atoms. The predicted molar refractivity (Wildman–Crippen MR) is 83.9 cm³/mol. The van der Waals surface area contributed by atoms with Crippen molar-refractivity contribution in [2.75, 3.05) is 6.54 Å². The predicted octanol–water partition coefficient (Wildman–Crippen LogP) is 1.46. The lowest BCUT2D eigenvalue weighted by molar-refractivity contribution is -0.126. The van der Waals surface area contributed by atoms with Gasteiger partial charge >= 0.3 is 0 Å². The van der Waals surface area contributed by atoms with E-state index in [9.17, 15) is 4.79 Å². The number of carbonyl (C=O) groups excluding carboxylic acids is 1. The summed E-state index contributed by atoms with van der Waals surface area (Å²) in [5, 5.41) is 7.60. The van der Waals surface area contributed by atoms with Gasteiger partial charge in [0, 0.05) is 25.2 Å². The van der Waals surface area contributed by atoms with E-state index in [2.05, 4.69) is 17.3 Å². The molecule has 2 rings (SSSR count). The highest BCUT2D eigenvalue weighted by Crippen LogP contribution is 2.39. The fourth-order valence-corrected chi connectivity index (χ4v) is 2.96. The van der Waals surface area contributed by atoms with Crippen LogP contribution < -0.4 is 11.1 Å². The van der Waals surface area contributed by atoms with Crippen molar-refractivity contribution < 1.29 is 4.79 Å². The molecule has 3 N–H and O–H groups in total. The molecule has 1 heterocycles. The molecule has 1 aromatic rings. The van der Waals surface area contributed by atoms with E-state index < -0.39 is 0 Å². The number of aromatic nitrogens is 2. The quantitative estimate of drug-likeness (QED) is 0.833. The minimum Gasteiger partial charge on any atom is -0.349 e. The molecule has 0 aliphatic heterocycles. The van der Waals surface area contributed by atoms with E-state index in [1.165, 1.54) is 18.4 Å². The van der Waals surface area contributed by atoms with Gasteiger partial charge in [-0.05, 0) is 51.5 Å². The largest absolute Gasteiger partial charge is 0.349 e. The highest BCUT2D eigenvalue weighted by Gasteiger charge is 2.42. The molecule has 0 saturated heterocycles. The highest BCUT2D eigenvalue weighted by atomic mass is 16.2.